The van der Waals surface area contributed by atoms with Crippen molar-refractivity contribution in [3.63, 3.8) is 0 Å². The molecule has 7 heteroatoms. The standard InChI is InChI=1S/C21H19N5O2/c22-11-16-12-24-26(19(16)23)20(27)15-7-4-10-25(13-15)21(28)18-9-3-6-14-5-1-2-8-17(14)18/h1-3,5-6,8-9,12,15H,4,7,10,13,23H2. The van der Waals surface area contributed by atoms with E-state index in [1.165, 1.54) is 6.20 Å². The van der Waals surface area contributed by atoms with Gasteiger partial charge in [-0.25, -0.2) is 0 Å². The third-order valence-electron chi connectivity index (χ3n) is 5.21. The number of piperidine rings is 1. The molecule has 1 aliphatic rings. The Kier molecular flexibility index (Phi) is 4.53. The van der Waals surface area contributed by atoms with Crippen molar-refractivity contribution in [1.82, 2.24) is 14.7 Å². The summed E-state index contributed by atoms with van der Waals surface area (Å²) in [5, 5.41) is 14.9. The molecule has 1 atom stereocenters. The number of benzene rings is 2. The third kappa shape index (κ3) is 2.99. The Balaban J connectivity index is 1.58. The summed E-state index contributed by atoms with van der Waals surface area (Å²) in [4.78, 5) is 27.7. The first-order chi connectivity index (χ1) is 13.6. The van der Waals surface area contributed by atoms with E-state index in [0.29, 0.717) is 25.1 Å². The van der Waals surface area contributed by atoms with Crippen molar-refractivity contribution < 1.29 is 9.59 Å². The van der Waals surface area contributed by atoms with Crippen LogP contribution in [0.3, 0.4) is 0 Å². The number of nitrogens with two attached hydrogens (primary N) is 1. The van der Waals surface area contributed by atoms with Gasteiger partial charge in [-0.05, 0) is 29.7 Å². The SMILES string of the molecule is N#Cc1cnn(C(=O)C2CCCN(C(=O)c3cccc4ccccc34)C2)c1N. The van der Waals surface area contributed by atoms with Crippen LogP contribution in [0.4, 0.5) is 5.82 Å². The molecule has 2 heterocycles. The number of carbonyl (C=O) groups excluding carboxylic acids is 2. The highest BCUT2D eigenvalue weighted by atomic mass is 16.2. The number of amides is 1. The topological polar surface area (TPSA) is 105 Å². The van der Waals surface area contributed by atoms with Crippen LogP contribution in [-0.2, 0) is 0 Å². The number of hydrogen-bond acceptors (Lipinski definition) is 5. The number of fused-ring (bicyclic) bond motifs is 1. The minimum atomic E-state index is -0.401. The molecule has 0 radical (unpaired) electrons. The van der Waals surface area contributed by atoms with Gasteiger partial charge in [-0.1, -0.05) is 36.4 Å². The van der Waals surface area contributed by atoms with Gasteiger partial charge in [0, 0.05) is 18.7 Å². The average molecular weight is 373 g/mol. The van der Waals surface area contributed by atoms with Gasteiger partial charge in [0.05, 0.1) is 12.1 Å². The van der Waals surface area contributed by atoms with Crippen LogP contribution in [0.15, 0.2) is 48.7 Å². The highest BCUT2D eigenvalue weighted by Crippen LogP contribution is 2.25. The van der Waals surface area contributed by atoms with Crippen LogP contribution in [0.2, 0.25) is 0 Å². The van der Waals surface area contributed by atoms with E-state index in [-0.39, 0.29) is 23.2 Å². The fourth-order valence-electron chi connectivity index (χ4n) is 3.74. The molecule has 1 fully saturated rings. The second-order valence-electron chi connectivity index (χ2n) is 6.92. The van der Waals surface area contributed by atoms with Crippen LogP contribution >= 0.6 is 0 Å². The second kappa shape index (κ2) is 7.16. The van der Waals surface area contributed by atoms with E-state index in [4.69, 9.17) is 11.0 Å². The molecule has 0 aliphatic carbocycles. The van der Waals surface area contributed by atoms with Gasteiger partial charge >= 0.3 is 0 Å². The predicted octanol–water partition coefficient (Wildman–Crippen LogP) is 2.68. The van der Waals surface area contributed by atoms with Crippen molar-refractivity contribution in [2.75, 3.05) is 18.8 Å². The zero-order valence-corrected chi connectivity index (χ0v) is 15.2. The number of carbonyl (C=O) groups is 2. The molecule has 140 valence electrons. The Labute approximate surface area is 162 Å². The van der Waals surface area contributed by atoms with Crippen molar-refractivity contribution in [2.45, 2.75) is 12.8 Å². The van der Waals surface area contributed by atoms with Crippen LogP contribution in [0.5, 0.6) is 0 Å². The lowest BCUT2D eigenvalue weighted by molar-refractivity contribution is 0.0601. The molecular formula is C21H19N5O2. The number of nitrogens with zero attached hydrogens (tertiary/aromatic N) is 4. The van der Waals surface area contributed by atoms with E-state index >= 15 is 0 Å². The van der Waals surface area contributed by atoms with Crippen molar-refractivity contribution >= 4 is 28.4 Å². The molecule has 0 spiro atoms. The van der Waals surface area contributed by atoms with Crippen molar-refractivity contribution in [2.24, 2.45) is 5.92 Å². The van der Waals surface area contributed by atoms with E-state index < -0.39 is 5.92 Å². The Morgan fingerprint density at radius 3 is 2.75 bits per heavy atom. The van der Waals surface area contributed by atoms with Crippen molar-refractivity contribution in [3.8, 4) is 6.07 Å². The zero-order chi connectivity index (χ0) is 19.7. The Bertz CT molecular complexity index is 1110. The summed E-state index contributed by atoms with van der Waals surface area (Å²) in [6.07, 6.45) is 2.66. The molecule has 7 nitrogen and oxygen atoms in total. The maximum absolute atomic E-state index is 13.2. The first-order valence-electron chi connectivity index (χ1n) is 9.15. The lowest BCUT2D eigenvalue weighted by Gasteiger charge is -2.32. The fraction of sp³-hybridized carbons (Fsp3) is 0.238. The number of hydrogen-bond donors (Lipinski definition) is 1. The molecule has 0 saturated carbocycles. The Morgan fingerprint density at radius 1 is 1.18 bits per heavy atom. The summed E-state index contributed by atoms with van der Waals surface area (Å²) >= 11 is 0. The molecule has 2 aromatic carbocycles. The molecule has 4 rings (SSSR count). The molecular weight excluding hydrogens is 354 g/mol. The number of likely N-dealkylation sites (tertiary alicyclic amines) is 1. The van der Waals surface area contributed by atoms with Crippen LogP contribution in [0, 0.1) is 17.2 Å². The third-order valence-corrected chi connectivity index (χ3v) is 5.21. The van der Waals surface area contributed by atoms with Gasteiger partial charge in [-0.2, -0.15) is 15.0 Å². The summed E-state index contributed by atoms with van der Waals surface area (Å²) in [5.41, 5.74) is 6.66. The number of anilines is 1. The highest BCUT2D eigenvalue weighted by Gasteiger charge is 2.31. The molecule has 3 aromatic rings. The maximum atomic E-state index is 13.2. The normalized spacial score (nSPS) is 16.7. The monoisotopic (exact) mass is 373 g/mol. The molecule has 2 N–H and O–H groups in total. The minimum absolute atomic E-state index is 0.0463. The molecule has 0 bridgehead atoms. The van der Waals surface area contributed by atoms with Crippen LogP contribution in [0.1, 0.15) is 33.6 Å². The van der Waals surface area contributed by atoms with Crippen LogP contribution < -0.4 is 5.73 Å². The van der Waals surface area contributed by atoms with E-state index in [0.717, 1.165) is 21.9 Å². The van der Waals surface area contributed by atoms with Crippen LogP contribution in [0.25, 0.3) is 10.8 Å². The van der Waals surface area contributed by atoms with Crippen LogP contribution in [-0.4, -0.2) is 39.6 Å². The predicted molar refractivity (Wildman–Crippen MR) is 105 cm³/mol. The summed E-state index contributed by atoms with van der Waals surface area (Å²) in [6.45, 7) is 0.909. The van der Waals surface area contributed by atoms with Crippen molar-refractivity contribution in [1.29, 1.82) is 5.26 Å². The van der Waals surface area contributed by atoms with Gasteiger partial charge in [-0.3, -0.25) is 9.59 Å². The fourth-order valence-corrected chi connectivity index (χ4v) is 3.74. The lowest BCUT2D eigenvalue weighted by Crippen LogP contribution is -2.43. The Morgan fingerprint density at radius 2 is 1.96 bits per heavy atom. The van der Waals surface area contributed by atoms with E-state index in [2.05, 4.69) is 5.10 Å². The minimum Gasteiger partial charge on any atom is -0.382 e. The number of rotatable bonds is 2. The first kappa shape index (κ1) is 17.7. The largest absolute Gasteiger partial charge is 0.382 e. The average Bonchev–Trinajstić information content (AvgIpc) is 3.12. The van der Waals surface area contributed by atoms with Crippen molar-refractivity contribution in [3.05, 3.63) is 59.8 Å². The van der Waals surface area contributed by atoms with Gasteiger partial charge in [0.25, 0.3) is 11.8 Å². The van der Waals surface area contributed by atoms with E-state index in [1.54, 1.807) is 4.90 Å². The molecule has 1 unspecified atom stereocenters. The quantitative estimate of drug-likeness (QED) is 0.743. The number of nitriles is 1. The summed E-state index contributed by atoms with van der Waals surface area (Å²) in [7, 11) is 0. The van der Waals surface area contributed by atoms with Gasteiger partial charge < -0.3 is 10.6 Å². The Hall–Kier alpha value is -3.66. The zero-order valence-electron chi connectivity index (χ0n) is 15.2. The van der Waals surface area contributed by atoms with Gasteiger partial charge in [-0.15, -0.1) is 0 Å². The molecule has 1 aliphatic heterocycles. The molecule has 1 saturated heterocycles. The first-order valence-corrected chi connectivity index (χ1v) is 9.15. The molecule has 28 heavy (non-hydrogen) atoms. The van der Waals surface area contributed by atoms with E-state index in [1.807, 2.05) is 48.5 Å². The van der Waals surface area contributed by atoms with Gasteiger partial charge in [0.1, 0.15) is 17.5 Å². The lowest BCUT2D eigenvalue weighted by atomic mass is 9.95. The second-order valence-corrected chi connectivity index (χ2v) is 6.92. The molecule has 1 aromatic heterocycles. The number of aromatic nitrogens is 2. The summed E-state index contributed by atoms with van der Waals surface area (Å²) in [5.74, 6) is -0.721. The summed E-state index contributed by atoms with van der Waals surface area (Å²) < 4.78 is 1.08. The van der Waals surface area contributed by atoms with Gasteiger partial charge in [0.15, 0.2) is 0 Å². The smallest absolute Gasteiger partial charge is 0.254 e. The summed E-state index contributed by atoms with van der Waals surface area (Å²) in [6, 6.07) is 15.3. The highest BCUT2D eigenvalue weighted by molar-refractivity contribution is 6.07. The van der Waals surface area contributed by atoms with Gasteiger partial charge in [0.2, 0.25) is 0 Å². The number of nitrogen functional groups attached to an aromatic ring is 1. The van der Waals surface area contributed by atoms with E-state index in [9.17, 15) is 9.59 Å². The maximum Gasteiger partial charge on any atom is 0.254 e. The molecule has 1 amide bonds.